The zero-order valence-corrected chi connectivity index (χ0v) is 24.1. The van der Waals surface area contributed by atoms with Gasteiger partial charge in [0.15, 0.2) is 0 Å². The first-order valence-corrected chi connectivity index (χ1v) is 15.9. The van der Waals surface area contributed by atoms with Gasteiger partial charge in [-0.05, 0) is 63.0 Å². The molecular formula is C26H42N4O5S2. The van der Waals surface area contributed by atoms with Gasteiger partial charge in [-0.25, -0.2) is 8.42 Å². The number of likely N-dealkylation sites (tertiary alicyclic amines) is 1. The van der Waals surface area contributed by atoms with Crippen molar-refractivity contribution in [3.05, 3.63) is 23.3 Å². The SMILES string of the molecule is COc1cc(C)c(S(=O)(=O)N2CCSCC2COCC(=O)N2CCN(CCN3CCCC3)CC2)c(C)c1. The number of aryl methyl sites for hydroxylation is 2. The smallest absolute Gasteiger partial charge is 0.248 e. The Morgan fingerprint density at radius 1 is 0.973 bits per heavy atom. The van der Waals surface area contributed by atoms with Crippen LogP contribution in [0.1, 0.15) is 24.0 Å². The van der Waals surface area contributed by atoms with Crippen molar-refractivity contribution in [2.24, 2.45) is 0 Å². The van der Waals surface area contributed by atoms with Crippen molar-refractivity contribution in [3.8, 4) is 5.75 Å². The summed E-state index contributed by atoms with van der Waals surface area (Å²) in [6.07, 6.45) is 2.62. The fraction of sp³-hybridized carbons (Fsp3) is 0.731. The lowest BCUT2D eigenvalue weighted by molar-refractivity contribution is -0.138. The Morgan fingerprint density at radius 2 is 1.59 bits per heavy atom. The van der Waals surface area contributed by atoms with E-state index in [1.54, 1.807) is 49.2 Å². The van der Waals surface area contributed by atoms with Gasteiger partial charge in [-0.15, -0.1) is 0 Å². The molecule has 0 radical (unpaired) electrons. The van der Waals surface area contributed by atoms with Crippen LogP contribution in [-0.2, 0) is 19.6 Å². The molecule has 0 spiro atoms. The number of carbonyl (C=O) groups excluding carboxylic acids is 1. The number of carbonyl (C=O) groups is 1. The molecule has 3 heterocycles. The molecule has 0 saturated carbocycles. The van der Waals surface area contributed by atoms with Gasteiger partial charge < -0.3 is 19.3 Å². The van der Waals surface area contributed by atoms with Gasteiger partial charge in [-0.1, -0.05) is 0 Å². The van der Waals surface area contributed by atoms with E-state index in [0.29, 0.717) is 34.1 Å². The maximum Gasteiger partial charge on any atom is 0.248 e. The normalized spacial score (nSPS) is 22.5. The third-order valence-corrected chi connectivity index (χ3v) is 11.0. The summed E-state index contributed by atoms with van der Waals surface area (Å²) < 4.78 is 40.1. The van der Waals surface area contributed by atoms with Gasteiger partial charge in [0, 0.05) is 57.3 Å². The highest BCUT2D eigenvalue weighted by Gasteiger charge is 2.36. The van der Waals surface area contributed by atoms with Gasteiger partial charge in [0.05, 0.1) is 24.7 Å². The van der Waals surface area contributed by atoms with E-state index in [2.05, 4.69) is 9.80 Å². The molecule has 3 aliphatic rings. The van der Waals surface area contributed by atoms with E-state index in [0.717, 1.165) is 45.0 Å². The molecule has 1 amide bonds. The Hall–Kier alpha value is -1.37. The quantitative estimate of drug-likeness (QED) is 0.432. The van der Waals surface area contributed by atoms with Crippen molar-refractivity contribution in [1.82, 2.24) is 19.0 Å². The fourth-order valence-corrected chi connectivity index (χ4v) is 8.80. The molecule has 1 atom stereocenters. The van der Waals surface area contributed by atoms with Gasteiger partial charge in [0.1, 0.15) is 12.4 Å². The number of hydrogen-bond donors (Lipinski definition) is 0. The topological polar surface area (TPSA) is 82.6 Å². The van der Waals surface area contributed by atoms with Crippen molar-refractivity contribution in [2.45, 2.75) is 37.6 Å². The fourth-order valence-electron chi connectivity index (χ4n) is 5.52. The number of benzene rings is 1. The minimum atomic E-state index is -3.71. The number of methoxy groups -OCH3 is 1. The van der Waals surface area contributed by atoms with Crippen LogP contribution < -0.4 is 4.74 Å². The highest BCUT2D eigenvalue weighted by atomic mass is 32.2. The van der Waals surface area contributed by atoms with Crippen molar-refractivity contribution in [3.63, 3.8) is 0 Å². The third kappa shape index (κ3) is 7.19. The summed E-state index contributed by atoms with van der Waals surface area (Å²) in [5.41, 5.74) is 1.34. The molecule has 9 nitrogen and oxygen atoms in total. The predicted molar refractivity (Wildman–Crippen MR) is 147 cm³/mol. The van der Waals surface area contributed by atoms with Gasteiger partial charge in [0.2, 0.25) is 15.9 Å². The third-order valence-electron chi connectivity index (χ3n) is 7.60. The number of nitrogens with zero attached hydrogens (tertiary/aromatic N) is 4. The summed E-state index contributed by atoms with van der Waals surface area (Å²) in [6.45, 7) is 12.1. The minimum absolute atomic E-state index is 0.0105. The van der Waals surface area contributed by atoms with Crippen LogP contribution in [0, 0.1) is 13.8 Å². The number of thioether (sulfide) groups is 1. The Kier molecular flexibility index (Phi) is 10.2. The molecule has 1 aromatic carbocycles. The molecule has 0 N–H and O–H groups in total. The summed E-state index contributed by atoms with van der Waals surface area (Å²) in [4.78, 5) is 20.0. The van der Waals surface area contributed by atoms with Crippen molar-refractivity contribution in [1.29, 1.82) is 0 Å². The molecule has 3 aliphatic heterocycles. The molecule has 3 fully saturated rings. The molecular weight excluding hydrogens is 512 g/mol. The van der Waals surface area contributed by atoms with E-state index in [9.17, 15) is 13.2 Å². The highest BCUT2D eigenvalue weighted by molar-refractivity contribution is 7.99. The highest BCUT2D eigenvalue weighted by Crippen LogP contribution is 2.31. The van der Waals surface area contributed by atoms with Crippen molar-refractivity contribution < 1.29 is 22.7 Å². The molecule has 208 valence electrons. The van der Waals surface area contributed by atoms with Crippen LogP contribution in [0.25, 0.3) is 0 Å². The maximum atomic E-state index is 13.7. The molecule has 0 aromatic heterocycles. The van der Waals surface area contributed by atoms with Gasteiger partial charge >= 0.3 is 0 Å². The zero-order valence-electron chi connectivity index (χ0n) is 22.5. The molecule has 0 bridgehead atoms. The molecule has 11 heteroatoms. The number of ether oxygens (including phenoxy) is 2. The van der Waals surface area contributed by atoms with Gasteiger partial charge in [0.25, 0.3) is 0 Å². The first kappa shape index (κ1) is 28.6. The second kappa shape index (κ2) is 13.1. The van der Waals surface area contributed by atoms with Crippen LogP contribution in [0.15, 0.2) is 17.0 Å². The lowest BCUT2D eigenvalue weighted by Crippen LogP contribution is -2.51. The first-order valence-electron chi connectivity index (χ1n) is 13.3. The van der Waals surface area contributed by atoms with E-state index >= 15 is 0 Å². The molecule has 1 aromatic rings. The lowest BCUT2D eigenvalue weighted by Gasteiger charge is -2.36. The van der Waals surface area contributed by atoms with E-state index in [4.69, 9.17) is 9.47 Å². The Labute approximate surface area is 226 Å². The summed E-state index contributed by atoms with van der Waals surface area (Å²) in [5, 5.41) is 0. The number of sulfonamides is 1. The van der Waals surface area contributed by atoms with Crippen LogP contribution in [0.3, 0.4) is 0 Å². The van der Waals surface area contributed by atoms with E-state index in [1.165, 1.54) is 25.9 Å². The second-order valence-electron chi connectivity index (χ2n) is 10.2. The second-order valence-corrected chi connectivity index (χ2v) is 13.2. The molecule has 0 aliphatic carbocycles. The molecule has 4 rings (SSSR count). The monoisotopic (exact) mass is 554 g/mol. The maximum absolute atomic E-state index is 13.7. The van der Waals surface area contributed by atoms with E-state index in [-0.39, 0.29) is 25.2 Å². The lowest BCUT2D eigenvalue weighted by atomic mass is 10.1. The summed E-state index contributed by atoms with van der Waals surface area (Å²) in [6, 6.07) is 3.21. The standard InChI is InChI=1S/C26H42N4O5S2/c1-21-16-24(34-3)17-22(2)26(21)37(32,33)30-14-15-36-20-23(30)18-35-19-25(31)29-12-10-28(11-13-29)9-8-27-6-4-5-7-27/h16-17,23H,4-15,18-20H2,1-3H3. The Bertz CT molecular complexity index is 1000. The molecule has 37 heavy (non-hydrogen) atoms. The van der Waals surface area contributed by atoms with Crippen LogP contribution in [0.4, 0.5) is 0 Å². The summed E-state index contributed by atoms with van der Waals surface area (Å²) >= 11 is 1.72. The van der Waals surface area contributed by atoms with E-state index < -0.39 is 10.0 Å². The number of hydrogen-bond acceptors (Lipinski definition) is 8. The molecule has 1 unspecified atom stereocenters. The summed E-state index contributed by atoms with van der Waals surface area (Å²) in [5.74, 6) is 2.02. The van der Waals surface area contributed by atoms with Crippen LogP contribution >= 0.6 is 11.8 Å². The van der Waals surface area contributed by atoms with E-state index in [1.807, 2.05) is 4.90 Å². The summed E-state index contributed by atoms with van der Waals surface area (Å²) in [7, 11) is -2.13. The molecule has 3 saturated heterocycles. The minimum Gasteiger partial charge on any atom is -0.497 e. The van der Waals surface area contributed by atoms with Crippen LogP contribution in [0.2, 0.25) is 0 Å². The van der Waals surface area contributed by atoms with Crippen molar-refractivity contribution >= 4 is 27.7 Å². The largest absolute Gasteiger partial charge is 0.497 e. The first-order chi connectivity index (χ1) is 17.8. The van der Waals surface area contributed by atoms with Crippen LogP contribution in [0.5, 0.6) is 5.75 Å². The number of rotatable bonds is 10. The van der Waals surface area contributed by atoms with Gasteiger partial charge in [-0.3, -0.25) is 9.69 Å². The Balaban J connectivity index is 1.27. The Morgan fingerprint density at radius 3 is 2.22 bits per heavy atom. The average molecular weight is 555 g/mol. The number of piperazine rings is 1. The average Bonchev–Trinajstić information content (AvgIpc) is 3.41. The van der Waals surface area contributed by atoms with Crippen molar-refractivity contribution in [2.75, 3.05) is 90.7 Å². The number of amides is 1. The van der Waals surface area contributed by atoms with Gasteiger partial charge in [-0.2, -0.15) is 16.1 Å². The predicted octanol–water partition coefficient (Wildman–Crippen LogP) is 1.67. The van der Waals surface area contributed by atoms with Crippen LogP contribution in [-0.4, -0.2) is 130 Å². The zero-order chi connectivity index (χ0) is 26.4.